The summed E-state index contributed by atoms with van der Waals surface area (Å²) in [6, 6.07) is 4.05. The number of ether oxygens (including phenoxy) is 1. The second-order valence-electron chi connectivity index (χ2n) is 4.60. The monoisotopic (exact) mass is 258 g/mol. The van der Waals surface area contributed by atoms with Crippen molar-refractivity contribution in [1.82, 2.24) is 0 Å². The number of nitrogens with two attached hydrogens (primary N) is 1. The third-order valence-corrected chi connectivity index (χ3v) is 3.42. The van der Waals surface area contributed by atoms with Crippen LogP contribution in [0.2, 0.25) is 0 Å². The number of nitrogens with zero attached hydrogens (tertiary/aromatic N) is 2. The summed E-state index contributed by atoms with van der Waals surface area (Å²) in [5.74, 6) is 1.49. The van der Waals surface area contributed by atoms with Crippen molar-refractivity contribution in [2.45, 2.75) is 6.42 Å². The first-order valence-corrected chi connectivity index (χ1v) is 6.52. The number of nitrogens with one attached hydrogen (secondary N) is 1. The number of aliphatic imine (C=N–C) groups is 1. The molecule has 0 fully saturated rings. The van der Waals surface area contributed by atoms with E-state index in [4.69, 9.17) is 10.5 Å². The van der Waals surface area contributed by atoms with Crippen LogP contribution in [-0.4, -0.2) is 32.2 Å². The van der Waals surface area contributed by atoms with Crippen molar-refractivity contribution in [3.05, 3.63) is 30.4 Å². The molecule has 0 aliphatic carbocycles. The highest BCUT2D eigenvalue weighted by molar-refractivity contribution is 5.98. The fraction of sp³-hybridized carbons (Fsp3) is 0.357. The first-order valence-electron chi connectivity index (χ1n) is 6.52. The molecule has 19 heavy (non-hydrogen) atoms. The summed E-state index contributed by atoms with van der Waals surface area (Å²) in [6.07, 6.45) is 2.68. The number of fused-ring (bicyclic) bond motifs is 1. The third-order valence-electron chi connectivity index (χ3n) is 3.42. The van der Waals surface area contributed by atoms with Crippen LogP contribution in [0.5, 0.6) is 5.75 Å². The quantitative estimate of drug-likeness (QED) is 0.803. The van der Waals surface area contributed by atoms with Gasteiger partial charge in [0.25, 0.3) is 0 Å². The zero-order chi connectivity index (χ0) is 13.2. The van der Waals surface area contributed by atoms with Gasteiger partial charge in [-0.15, -0.1) is 6.58 Å². The number of rotatable bonds is 3. The van der Waals surface area contributed by atoms with Gasteiger partial charge >= 0.3 is 0 Å². The van der Waals surface area contributed by atoms with Gasteiger partial charge in [0, 0.05) is 24.3 Å². The summed E-state index contributed by atoms with van der Waals surface area (Å²) in [6.45, 7) is 6.95. The Morgan fingerprint density at radius 3 is 3.16 bits per heavy atom. The summed E-state index contributed by atoms with van der Waals surface area (Å²) in [5, 5.41) is 3.41. The van der Waals surface area contributed by atoms with Crippen LogP contribution < -0.4 is 20.7 Å². The topological polar surface area (TPSA) is 62.9 Å². The van der Waals surface area contributed by atoms with E-state index < -0.39 is 0 Å². The van der Waals surface area contributed by atoms with E-state index in [2.05, 4.69) is 27.9 Å². The number of anilines is 2. The minimum Gasteiger partial charge on any atom is -0.490 e. The molecule has 0 bridgehead atoms. The van der Waals surface area contributed by atoms with Crippen molar-refractivity contribution in [3.63, 3.8) is 0 Å². The predicted octanol–water partition coefficient (Wildman–Crippen LogP) is 1.35. The normalized spacial score (nSPS) is 17.3. The highest BCUT2D eigenvalue weighted by Gasteiger charge is 2.23. The van der Waals surface area contributed by atoms with Gasteiger partial charge in [-0.25, -0.2) is 0 Å². The van der Waals surface area contributed by atoms with Crippen LogP contribution in [0.25, 0.3) is 0 Å². The van der Waals surface area contributed by atoms with Crippen LogP contribution in [0, 0.1) is 0 Å². The lowest BCUT2D eigenvalue weighted by Gasteiger charge is -2.27. The molecule has 0 spiro atoms. The van der Waals surface area contributed by atoms with Gasteiger partial charge in [-0.2, -0.15) is 0 Å². The number of hydrogen-bond donors (Lipinski definition) is 2. The summed E-state index contributed by atoms with van der Waals surface area (Å²) >= 11 is 0. The van der Waals surface area contributed by atoms with Gasteiger partial charge in [-0.05, 0) is 18.6 Å². The van der Waals surface area contributed by atoms with Gasteiger partial charge in [0.05, 0.1) is 12.2 Å². The lowest BCUT2D eigenvalue weighted by Crippen LogP contribution is -2.34. The summed E-state index contributed by atoms with van der Waals surface area (Å²) in [7, 11) is 0. The van der Waals surface area contributed by atoms with Crippen LogP contribution >= 0.6 is 0 Å². The Morgan fingerprint density at radius 1 is 1.53 bits per heavy atom. The Hall–Kier alpha value is -2.17. The minimum absolute atomic E-state index is 0.585. The highest BCUT2D eigenvalue weighted by Crippen LogP contribution is 2.38. The van der Waals surface area contributed by atoms with Crippen LogP contribution in [0.15, 0.2) is 29.8 Å². The van der Waals surface area contributed by atoms with E-state index in [9.17, 15) is 0 Å². The van der Waals surface area contributed by atoms with Gasteiger partial charge < -0.3 is 20.7 Å². The zero-order valence-corrected chi connectivity index (χ0v) is 10.9. The summed E-state index contributed by atoms with van der Waals surface area (Å²) in [4.78, 5) is 6.30. The average molecular weight is 258 g/mol. The Bertz CT molecular complexity index is 538. The number of allylic oxidation sites excluding steroid dienone is 1. The molecule has 5 heteroatoms. The second kappa shape index (κ2) is 4.84. The van der Waals surface area contributed by atoms with Crippen molar-refractivity contribution in [1.29, 1.82) is 0 Å². The molecule has 3 N–H and O–H groups in total. The molecular formula is C14H18N4O. The molecule has 2 heterocycles. The van der Waals surface area contributed by atoms with Gasteiger partial charge in [0.15, 0.2) is 5.96 Å². The molecule has 0 radical (unpaired) electrons. The molecule has 0 saturated heterocycles. The van der Waals surface area contributed by atoms with E-state index in [-0.39, 0.29) is 0 Å². The smallest absolute Gasteiger partial charge is 0.195 e. The summed E-state index contributed by atoms with van der Waals surface area (Å²) < 4.78 is 5.68. The van der Waals surface area contributed by atoms with Gasteiger partial charge in [0.1, 0.15) is 12.4 Å². The molecule has 2 aliphatic rings. The molecule has 0 unspecified atom stereocenters. The third kappa shape index (κ3) is 2.01. The number of guanidine groups is 1. The van der Waals surface area contributed by atoms with Crippen molar-refractivity contribution in [3.8, 4) is 5.75 Å². The fourth-order valence-electron chi connectivity index (χ4n) is 2.58. The molecular weight excluding hydrogens is 240 g/mol. The Balaban J connectivity index is 2.08. The zero-order valence-electron chi connectivity index (χ0n) is 10.9. The maximum Gasteiger partial charge on any atom is 0.195 e. The van der Waals surface area contributed by atoms with E-state index in [1.165, 1.54) is 5.56 Å². The van der Waals surface area contributed by atoms with Crippen LogP contribution in [0.4, 0.5) is 11.4 Å². The first-order chi connectivity index (χ1) is 9.31. The molecule has 3 rings (SSSR count). The van der Waals surface area contributed by atoms with E-state index in [1.54, 1.807) is 0 Å². The maximum absolute atomic E-state index is 5.95. The molecule has 1 aromatic rings. The predicted molar refractivity (Wildman–Crippen MR) is 78.2 cm³/mol. The molecule has 0 aromatic heterocycles. The van der Waals surface area contributed by atoms with E-state index in [0.717, 1.165) is 43.2 Å². The van der Waals surface area contributed by atoms with E-state index in [0.29, 0.717) is 12.6 Å². The molecule has 100 valence electrons. The second-order valence-corrected chi connectivity index (χ2v) is 4.60. The van der Waals surface area contributed by atoms with Crippen molar-refractivity contribution < 1.29 is 4.74 Å². The Kier molecular flexibility index (Phi) is 3.03. The average Bonchev–Trinajstić information content (AvgIpc) is 2.86. The minimum atomic E-state index is 0.585. The van der Waals surface area contributed by atoms with Crippen molar-refractivity contribution in [2.24, 2.45) is 10.7 Å². The van der Waals surface area contributed by atoms with Crippen molar-refractivity contribution >= 4 is 17.3 Å². The van der Waals surface area contributed by atoms with Gasteiger partial charge in [0.2, 0.25) is 0 Å². The van der Waals surface area contributed by atoms with Crippen LogP contribution in [0.1, 0.15) is 5.56 Å². The molecule has 0 atom stereocenters. The van der Waals surface area contributed by atoms with Gasteiger partial charge in [-0.1, -0.05) is 6.08 Å². The lowest BCUT2D eigenvalue weighted by molar-refractivity contribution is 0.323. The molecule has 5 nitrogen and oxygen atoms in total. The van der Waals surface area contributed by atoms with Gasteiger partial charge in [-0.3, -0.25) is 4.99 Å². The molecule has 0 amide bonds. The maximum atomic E-state index is 5.95. The number of hydrogen-bond acceptors (Lipinski definition) is 5. The molecule has 0 saturated carbocycles. The Morgan fingerprint density at radius 2 is 2.42 bits per heavy atom. The van der Waals surface area contributed by atoms with E-state index in [1.807, 2.05) is 12.1 Å². The van der Waals surface area contributed by atoms with Crippen LogP contribution in [0.3, 0.4) is 0 Å². The first kappa shape index (κ1) is 11.9. The van der Waals surface area contributed by atoms with Crippen molar-refractivity contribution in [2.75, 3.05) is 36.5 Å². The van der Waals surface area contributed by atoms with Crippen LogP contribution in [-0.2, 0) is 6.42 Å². The number of benzene rings is 1. The largest absolute Gasteiger partial charge is 0.490 e. The molecule has 1 aromatic carbocycles. The fourth-order valence-corrected chi connectivity index (χ4v) is 2.58. The lowest BCUT2D eigenvalue weighted by atomic mass is 10.0. The van der Waals surface area contributed by atoms with E-state index >= 15 is 0 Å². The summed E-state index contributed by atoms with van der Waals surface area (Å²) in [5.41, 5.74) is 9.28. The highest BCUT2D eigenvalue weighted by atomic mass is 16.5. The SMILES string of the molecule is C=CCc1c(N2CCN=C2N)ccc2c1NCCO2. The molecule has 2 aliphatic heterocycles. The standard InChI is InChI=1S/C14H18N4O/c1-2-3-10-11(18-8-6-17-14(18)15)4-5-12-13(10)16-7-9-19-12/h2,4-5,16H,1,3,6-9H2,(H2,15,17). The Labute approximate surface area is 112 Å².